The molecule has 1 fully saturated rings. The minimum absolute atomic E-state index is 0.0932. The monoisotopic (exact) mass is 306 g/mol. The van der Waals surface area contributed by atoms with Crippen LogP contribution in [0.3, 0.4) is 0 Å². The van der Waals surface area contributed by atoms with E-state index >= 15 is 0 Å². The number of fused-ring (bicyclic) bond motifs is 3. The summed E-state index contributed by atoms with van der Waals surface area (Å²) in [6.45, 7) is 1.69. The molecule has 0 amide bonds. The van der Waals surface area contributed by atoms with E-state index in [9.17, 15) is 15.0 Å². The number of hydrogen-bond donors (Lipinski definition) is 2. The van der Waals surface area contributed by atoms with Gasteiger partial charge in [-0.25, -0.2) is 0 Å². The van der Waals surface area contributed by atoms with Crippen LogP contribution in [0.2, 0.25) is 0 Å². The predicted molar refractivity (Wildman–Crippen MR) is 76.5 cm³/mol. The number of carbonyl (C=O) groups is 1. The molecule has 6 heteroatoms. The van der Waals surface area contributed by atoms with Crippen molar-refractivity contribution in [1.82, 2.24) is 0 Å². The lowest BCUT2D eigenvalue weighted by molar-refractivity contribution is -0.220. The van der Waals surface area contributed by atoms with Gasteiger partial charge in [0.1, 0.15) is 23.2 Å². The number of rotatable bonds is 0. The van der Waals surface area contributed by atoms with Crippen molar-refractivity contribution in [2.75, 3.05) is 0 Å². The second-order valence-corrected chi connectivity index (χ2v) is 6.61. The molecule has 3 aliphatic rings. The van der Waals surface area contributed by atoms with E-state index in [4.69, 9.17) is 9.47 Å². The van der Waals surface area contributed by atoms with E-state index in [1.165, 1.54) is 11.8 Å². The standard InChI is InChI=1S/C15H14O5S/c1-6-9(16)11(18)14-15(19-6)20-12-8-5-3-2-4-7(8)10(17)13(12)21-14/h2-6,9,11,14-16,18H,1H3. The van der Waals surface area contributed by atoms with Gasteiger partial charge in [-0.1, -0.05) is 24.3 Å². The fourth-order valence-electron chi connectivity index (χ4n) is 2.93. The Kier molecular flexibility index (Phi) is 2.91. The zero-order valence-corrected chi connectivity index (χ0v) is 12.0. The molecule has 4 rings (SSSR count). The van der Waals surface area contributed by atoms with Crippen LogP contribution >= 0.6 is 11.8 Å². The van der Waals surface area contributed by atoms with Gasteiger partial charge in [-0.05, 0) is 6.92 Å². The molecule has 0 spiro atoms. The van der Waals surface area contributed by atoms with Crippen LogP contribution < -0.4 is 0 Å². The largest absolute Gasteiger partial charge is 0.462 e. The van der Waals surface area contributed by atoms with Gasteiger partial charge in [0.15, 0.2) is 0 Å². The Labute approximate surface area is 125 Å². The Morgan fingerprint density at radius 2 is 1.86 bits per heavy atom. The molecule has 0 aromatic heterocycles. The van der Waals surface area contributed by atoms with Gasteiger partial charge in [0, 0.05) is 11.1 Å². The van der Waals surface area contributed by atoms with E-state index in [-0.39, 0.29) is 5.78 Å². The third-order valence-corrected chi connectivity index (χ3v) is 5.48. The minimum Gasteiger partial charge on any atom is -0.462 e. The average Bonchev–Trinajstić information content (AvgIpc) is 2.77. The van der Waals surface area contributed by atoms with Crippen LogP contribution in [0.1, 0.15) is 22.8 Å². The number of thioether (sulfide) groups is 1. The lowest BCUT2D eigenvalue weighted by atomic mass is 10.0. The molecule has 5 unspecified atom stereocenters. The van der Waals surface area contributed by atoms with E-state index in [0.29, 0.717) is 16.2 Å². The lowest BCUT2D eigenvalue weighted by Gasteiger charge is -2.43. The van der Waals surface area contributed by atoms with Crippen molar-refractivity contribution < 1.29 is 24.5 Å². The van der Waals surface area contributed by atoms with Crippen molar-refractivity contribution in [1.29, 1.82) is 0 Å². The van der Waals surface area contributed by atoms with Crippen LogP contribution in [-0.2, 0) is 9.47 Å². The molecule has 0 radical (unpaired) electrons. The fraction of sp³-hybridized carbons (Fsp3) is 0.400. The molecule has 0 bridgehead atoms. The Morgan fingerprint density at radius 3 is 2.62 bits per heavy atom. The van der Waals surface area contributed by atoms with Crippen LogP contribution in [-0.4, -0.2) is 45.8 Å². The zero-order chi connectivity index (χ0) is 14.7. The lowest BCUT2D eigenvalue weighted by Crippen LogP contribution is -2.56. The number of benzene rings is 1. The summed E-state index contributed by atoms with van der Waals surface area (Å²) in [7, 11) is 0. The Hall–Kier alpha value is -1.34. The van der Waals surface area contributed by atoms with Crippen molar-refractivity contribution in [2.24, 2.45) is 0 Å². The highest BCUT2D eigenvalue weighted by Gasteiger charge is 2.50. The van der Waals surface area contributed by atoms with Gasteiger partial charge in [0.25, 0.3) is 0 Å². The summed E-state index contributed by atoms with van der Waals surface area (Å²) in [5.41, 5.74) is 1.37. The first-order valence-corrected chi connectivity index (χ1v) is 7.69. The van der Waals surface area contributed by atoms with Crippen molar-refractivity contribution >= 4 is 23.3 Å². The fourth-order valence-corrected chi connectivity index (χ4v) is 4.21. The molecule has 2 aliphatic heterocycles. The van der Waals surface area contributed by atoms with E-state index in [1.54, 1.807) is 13.0 Å². The molecule has 21 heavy (non-hydrogen) atoms. The maximum absolute atomic E-state index is 12.4. The average molecular weight is 306 g/mol. The van der Waals surface area contributed by atoms with Gasteiger partial charge >= 0.3 is 0 Å². The van der Waals surface area contributed by atoms with Crippen LogP contribution in [0.4, 0.5) is 0 Å². The molecule has 1 aliphatic carbocycles. The van der Waals surface area contributed by atoms with Crippen molar-refractivity contribution in [3.05, 3.63) is 40.3 Å². The quantitative estimate of drug-likeness (QED) is 0.749. The summed E-state index contributed by atoms with van der Waals surface area (Å²) in [5, 5.41) is 19.6. The first kappa shape index (κ1) is 13.3. The smallest absolute Gasteiger partial charge is 0.215 e. The summed E-state index contributed by atoms with van der Waals surface area (Å²) < 4.78 is 11.5. The molecule has 5 atom stereocenters. The molecular formula is C15H14O5S. The highest BCUT2D eigenvalue weighted by atomic mass is 32.2. The number of Topliss-reactive ketones (excluding diaryl/α,β-unsaturated/α-hetero) is 1. The van der Waals surface area contributed by atoms with Gasteiger partial charge in [-0.15, -0.1) is 11.8 Å². The summed E-state index contributed by atoms with van der Waals surface area (Å²) >= 11 is 1.23. The number of ketones is 1. The number of ether oxygens (including phenoxy) is 2. The molecule has 1 aromatic rings. The predicted octanol–water partition coefficient (Wildman–Crippen LogP) is 1.15. The molecule has 2 heterocycles. The van der Waals surface area contributed by atoms with E-state index in [2.05, 4.69) is 0 Å². The Bertz CT molecular complexity index is 655. The molecule has 2 N–H and O–H groups in total. The SMILES string of the molecule is CC1OC2OC3=C(SC2C(O)C1O)C(=O)c1ccccc13. The number of hydrogen-bond acceptors (Lipinski definition) is 6. The second-order valence-electron chi connectivity index (χ2n) is 5.42. The van der Waals surface area contributed by atoms with Gasteiger partial charge in [0.2, 0.25) is 12.1 Å². The topological polar surface area (TPSA) is 76.0 Å². The zero-order valence-electron chi connectivity index (χ0n) is 11.2. The number of aliphatic hydroxyl groups excluding tert-OH is 2. The molecule has 5 nitrogen and oxygen atoms in total. The third-order valence-electron chi connectivity index (χ3n) is 4.10. The molecule has 1 saturated heterocycles. The van der Waals surface area contributed by atoms with Crippen LogP contribution in [0.25, 0.3) is 5.76 Å². The van der Waals surface area contributed by atoms with Crippen LogP contribution in [0.15, 0.2) is 29.2 Å². The number of carbonyl (C=O) groups excluding carboxylic acids is 1. The summed E-state index contributed by atoms with van der Waals surface area (Å²) in [4.78, 5) is 12.9. The number of aliphatic hydroxyl groups is 2. The summed E-state index contributed by atoms with van der Waals surface area (Å²) in [6.07, 6.45) is -3.16. The van der Waals surface area contributed by atoms with Crippen LogP contribution in [0.5, 0.6) is 0 Å². The number of allylic oxidation sites excluding steroid dienone is 1. The van der Waals surface area contributed by atoms with Crippen molar-refractivity contribution in [3.8, 4) is 0 Å². The third kappa shape index (κ3) is 1.80. The van der Waals surface area contributed by atoms with Gasteiger partial charge in [-0.2, -0.15) is 0 Å². The van der Waals surface area contributed by atoms with E-state index < -0.39 is 29.9 Å². The Balaban J connectivity index is 1.74. The molecule has 110 valence electrons. The molecule has 0 saturated carbocycles. The Morgan fingerprint density at radius 1 is 1.14 bits per heavy atom. The molecular weight excluding hydrogens is 292 g/mol. The normalized spacial score (nSPS) is 37.7. The highest BCUT2D eigenvalue weighted by molar-refractivity contribution is 8.05. The van der Waals surface area contributed by atoms with Crippen molar-refractivity contribution in [2.45, 2.75) is 36.8 Å². The van der Waals surface area contributed by atoms with E-state index in [1.807, 2.05) is 18.2 Å². The van der Waals surface area contributed by atoms with Gasteiger partial charge in [-0.3, -0.25) is 4.79 Å². The maximum atomic E-state index is 12.4. The maximum Gasteiger partial charge on any atom is 0.215 e. The van der Waals surface area contributed by atoms with E-state index in [0.717, 1.165) is 5.56 Å². The highest BCUT2D eigenvalue weighted by Crippen LogP contribution is 2.49. The summed E-state index contributed by atoms with van der Waals surface area (Å²) in [5.74, 6) is 0.432. The minimum atomic E-state index is -0.991. The first-order valence-electron chi connectivity index (χ1n) is 6.81. The van der Waals surface area contributed by atoms with Gasteiger partial charge in [0.05, 0.1) is 11.0 Å². The van der Waals surface area contributed by atoms with Crippen molar-refractivity contribution in [3.63, 3.8) is 0 Å². The van der Waals surface area contributed by atoms with Gasteiger partial charge < -0.3 is 19.7 Å². The second kappa shape index (κ2) is 4.58. The van der Waals surface area contributed by atoms with Crippen LogP contribution in [0, 0.1) is 0 Å². The summed E-state index contributed by atoms with van der Waals surface area (Å²) in [6, 6.07) is 7.27. The first-order chi connectivity index (χ1) is 10.1. The molecule has 1 aromatic carbocycles.